The Morgan fingerprint density at radius 3 is 2.93 bits per heavy atom. The van der Waals surface area contributed by atoms with Crippen molar-refractivity contribution in [1.29, 1.82) is 0 Å². The number of ether oxygens (including phenoxy) is 1. The van der Waals surface area contributed by atoms with Gasteiger partial charge in [0, 0.05) is 10.8 Å². The number of fused-ring (bicyclic) bond motifs is 1. The average Bonchev–Trinajstić information content (AvgIpc) is 3.29. The maximum Gasteiger partial charge on any atom is 0.163 e. The first-order chi connectivity index (χ1) is 13.1. The van der Waals surface area contributed by atoms with Crippen LogP contribution in [0, 0.1) is 12.7 Å². The van der Waals surface area contributed by atoms with Gasteiger partial charge in [-0.25, -0.2) is 14.1 Å². The third-order valence-corrected chi connectivity index (χ3v) is 5.00. The van der Waals surface area contributed by atoms with Crippen LogP contribution < -0.4 is 10.1 Å². The van der Waals surface area contributed by atoms with E-state index in [1.165, 1.54) is 24.5 Å². The highest BCUT2D eigenvalue weighted by Gasteiger charge is 2.14. The van der Waals surface area contributed by atoms with Crippen LogP contribution in [0.15, 0.2) is 41.9 Å². The van der Waals surface area contributed by atoms with Crippen LogP contribution in [0.4, 0.5) is 15.8 Å². The summed E-state index contributed by atoms with van der Waals surface area (Å²) in [6.07, 6.45) is 2.49. The van der Waals surface area contributed by atoms with Crippen molar-refractivity contribution in [2.75, 3.05) is 12.4 Å². The number of aromatic nitrogens is 3. The highest BCUT2D eigenvalue weighted by atomic mass is 32.1. The zero-order chi connectivity index (χ0) is 19.0. The summed E-state index contributed by atoms with van der Waals surface area (Å²) in [5.41, 5.74) is 3.03. The predicted octanol–water partition coefficient (Wildman–Crippen LogP) is 4.49. The number of hydrogen-bond acceptors (Lipinski definition) is 6. The van der Waals surface area contributed by atoms with Gasteiger partial charge in [-0.3, -0.25) is 4.79 Å². The number of hydrogen-bond donors (Lipinski definition) is 1. The molecule has 1 aromatic carbocycles. The van der Waals surface area contributed by atoms with Gasteiger partial charge in [0.15, 0.2) is 11.9 Å². The normalized spacial score (nSPS) is 10.9. The Bertz CT molecular complexity index is 1150. The molecule has 0 saturated carbocycles. The number of para-hydroxylation sites is 1. The van der Waals surface area contributed by atoms with E-state index in [1.54, 1.807) is 29.1 Å². The molecular weight excluding hydrogens is 367 g/mol. The molecule has 0 saturated heterocycles. The second-order valence-electron chi connectivity index (χ2n) is 5.86. The van der Waals surface area contributed by atoms with Gasteiger partial charge in [0.05, 0.1) is 35.3 Å². The van der Waals surface area contributed by atoms with Crippen molar-refractivity contribution in [2.24, 2.45) is 0 Å². The lowest BCUT2D eigenvalue weighted by Crippen LogP contribution is -2.02. The Morgan fingerprint density at radius 1 is 1.33 bits per heavy atom. The zero-order valence-corrected chi connectivity index (χ0v) is 15.4. The first-order valence-corrected chi connectivity index (χ1v) is 8.97. The quantitative estimate of drug-likeness (QED) is 0.515. The summed E-state index contributed by atoms with van der Waals surface area (Å²) < 4.78 is 21.1. The molecular formula is C19H15FN4O2S. The molecule has 136 valence electrons. The number of benzene rings is 1. The third kappa shape index (κ3) is 3.04. The topological polar surface area (TPSA) is 69.0 Å². The fourth-order valence-corrected chi connectivity index (χ4v) is 3.48. The molecule has 0 aliphatic rings. The number of nitrogens with one attached hydrogen (secondary N) is 1. The van der Waals surface area contributed by atoms with Crippen LogP contribution in [0.25, 0.3) is 16.7 Å². The van der Waals surface area contributed by atoms with Crippen LogP contribution in [0.1, 0.15) is 15.4 Å². The number of methoxy groups -OCH3 is 1. The van der Waals surface area contributed by atoms with Crippen molar-refractivity contribution >= 4 is 40.0 Å². The van der Waals surface area contributed by atoms with Crippen LogP contribution in [0.5, 0.6) is 5.75 Å². The summed E-state index contributed by atoms with van der Waals surface area (Å²) in [7, 11) is 1.49. The van der Waals surface area contributed by atoms with E-state index in [0.717, 1.165) is 17.4 Å². The van der Waals surface area contributed by atoms with Crippen molar-refractivity contribution in [3.8, 4) is 11.4 Å². The molecule has 6 nitrogen and oxygen atoms in total. The number of pyridine rings is 1. The number of anilines is 2. The minimum Gasteiger partial charge on any atom is -0.494 e. The van der Waals surface area contributed by atoms with Crippen molar-refractivity contribution in [2.45, 2.75) is 6.92 Å². The van der Waals surface area contributed by atoms with E-state index in [9.17, 15) is 9.18 Å². The molecule has 27 heavy (non-hydrogen) atoms. The lowest BCUT2D eigenvalue weighted by molar-refractivity contribution is 0.112. The monoisotopic (exact) mass is 382 g/mol. The van der Waals surface area contributed by atoms with E-state index < -0.39 is 5.82 Å². The molecule has 0 atom stereocenters. The van der Waals surface area contributed by atoms with Gasteiger partial charge in [0.2, 0.25) is 0 Å². The third-order valence-electron chi connectivity index (χ3n) is 4.16. The number of aldehydes is 1. The van der Waals surface area contributed by atoms with E-state index in [2.05, 4.69) is 15.4 Å². The SMILES string of the molecule is COc1cccc(F)c1Nc1cc2cnn(-c3csc(C=O)c3)c2nc1C. The van der Waals surface area contributed by atoms with E-state index >= 15 is 0 Å². The number of nitrogens with zero attached hydrogens (tertiary/aromatic N) is 3. The van der Waals surface area contributed by atoms with Gasteiger partial charge in [-0.15, -0.1) is 11.3 Å². The molecule has 4 rings (SSSR count). The van der Waals surface area contributed by atoms with Crippen LogP contribution in [-0.4, -0.2) is 28.2 Å². The fourth-order valence-electron chi connectivity index (χ4n) is 2.81. The first-order valence-electron chi connectivity index (χ1n) is 8.09. The standard InChI is InChI=1S/C19H15FN4O2S/c1-11-16(23-18-15(20)4-3-5-17(18)26-2)6-12-8-21-24(19(12)22-11)13-7-14(9-25)27-10-13/h3-10,23H,1-2H3. The molecule has 3 heterocycles. The average molecular weight is 382 g/mol. The Labute approximate surface area is 158 Å². The Morgan fingerprint density at radius 2 is 2.19 bits per heavy atom. The molecule has 3 aromatic heterocycles. The number of carbonyl (C=O) groups excluding carboxylic acids is 1. The minimum absolute atomic E-state index is 0.255. The molecule has 0 aliphatic carbocycles. The van der Waals surface area contributed by atoms with Gasteiger partial charge in [-0.05, 0) is 31.2 Å². The molecule has 0 aliphatic heterocycles. The van der Waals surface area contributed by atoms with Crippen molar-refractivity contribution in [1.82, 2.24) is 14.8 Å². The molecule has 0 amide bonds. The summed E-state index contributed by atoms with van der Waals surface area (Å²) >= 11 is 1.35. The van der Waals surface area contributed by atoms with Gasteiger partial charge in [0.25, 0.3) is 0 Å². The lowest BCUT2D eigenvalue weighted by atomic mass is 10.2. The van der Waals surface area contributed by atoms with Crippen molar-refractivity contribution in [3.05, 3.63) is 58.3 Å². The number of carbonyl (C=O) groups is 1. The summed E-state index contributed by atoms with van der Waals surface area (Å²) in [6.45, 7) is 1.83. The van der Waals surface area contributed by atoms with Crippen molar-refractivity contribution in [3.63, 3.8) is 0 Å². The summed E-state index contributed by atoms with van der Waals surface area (Å²) in [5.74, 6) is -0.00550. The van der Waals surface area contributed by atoms with Crippen LogP contribution in [0.2, 0.25) is 0 Å². The van der Waals surface area contributed by atoms with Crippen LogP contribution >= 0.6 is 11.3 Å². The number of thiophene rings is 1. The molecule has 0 spiro atoms. The predicted molar refractivity (Wildman–Crippen MR) is 103 cm³/mol. The smallest absolute Gasteiger partial charge is 0.163 e. The molecule has 1 N–H and O–H groups in total. The zero-order valence-electron chi connectivity index (χ0n) is 14.6. The van der Waals surface area contributed by atoms with Gasteiger partial charge in [-0.2, -0.15) is 5.10 Å². The molecule has 0 fully saturated rings. The maximum atomic E-state index is 14.2. The van der Waals surface area contributed by atoms with E-state index in [0.29, 0.717) is 27.7 Å². The second-order valence-corrected chi connectivity index (χ2v) is 6.80. The Kier molecular flexibility index (Phi) is 4.33. The van der Waals surface area contributed by atoms with Crippen LogP contribution in [-0.2, 0) is 0 Å². The van der Waals surface area contributed by atoms with Gasteiger partial charge in [0.1, 0.15) is 17.3 Å². The summed E-state index contributed by atoms with van der Waals surface area (Å²) in [6, 6.07) is 8.26. The Balaban J connectivity index is 1.77. The molecule has 0 unspecified atom stereocenters. The minimum atomic E-state index is -0.413. The van der Waals surface area contributed by atoms with Gasteiger partial charge in [-0.1, -0.05) is 6.07 Å². The lowest BCUT2D eigenvalue weighted by Gasteiger charge is -2.13. The summed E-state index contributed by atoms with van der Waals surface area (Å²) in [5, 5.41) is 10.1. The highest BCUT2D eigenvalue weighted by molar-refractivity contribution is 7.12. The summed E-state index contributed by atoms with van der Waals surface area (Å²) in [4.78, 5) is 16.2. The molecule has 0 radical (unpaired) electrons. The van der Waals surface area contributed by atoms with E-state index in [-0.39, 0.29) is 5.69 Å². The van der Waals surface area contributed by atoms with Crippen LogP contribution in [0.3, 0.4) is 0 Å². The first kappa shape index (κ1) is 17.2. The molecule has 0 bridgehead atoms. The Hall–Kier alpha value is -3.26. The largest absolute Gasteiger partial charge is 0.494 e. The van der Waals surface area contributed by atoms with Crippen molar-refractivity contribution < 1.29 is 13.9 Å². The second kappa shape index (κ2) is 6.81. The van der Waals surface area contributed by atoms with Gasteiger partial charge >= 0.3 is 0 Å². The number of halogens is 1. The number of rotatable bonds is 5. The van der Waals surface area contributed by atoms with Gasteiger partial charge < -0.3 is 10.1 Å². The maximum absolute atomic E-state index is 14.2. The van der Waals surface area contributed by atoms with E-state index in [1.807, 2.05) is 18.4 Å². The van der Waals surface area contributed by atoms with E-state index in [4.69, 9.17) is 4.74 Å². The fraction of sp³-hybridized carbons (Fsp3) is 0.105. The number of aryl methyl sites for hydroxylation is 1. The molecule has 4 aromatic rings. The molecule has 8 heteroatoms. The highest BCUT2D eigenvalue weighted by Crippen LogP contribution is 2.32.